The Kier molecular flexibility index (Phi) is 6.66. The van der Waals surface area contributed by atoms with Crippen LogP contribution in [-0.2, 0) is 4.79 Å². The van der Waals surface area contributed by atoms with Crippen LogP contribution in [0.4, 0.5) is 0 Å². The quantitative estimate of drug-likeness (QED) is 0.550. The maximum atomic E-state index is 13.0. The minimum atomic E-state index is -1.22. The first-order valence-corrected chi connectivity index (χ1v) is 8.63. The topological polar surface area (TPSA) is 89.3 Å². The van der Waals surface area contributed by atoms with E-state index in [4.69, 9.17) is 17.3 Å². The number of halogens is 1. The molecule has 2 aromatic rings. The maximum absolute atomic E-state index is 13.0. The van der Waals surface area contributed by atoms with Gasteiger partial charge in [0.2, 0.25) is 5.91 Å². The van der Waals surface area contributed by atoms with Gasteiger partial charge in [-0.1, -0.05) is 55.8 Å². The molecule has 0 heterocycles. The van der Waals surface area contributed by atoms with Crippen molar-refractivity contribution in [2.45, 2.75) is 25.9 Å². The molecule has 1 amide bonds. The number of hydrogen-bond acceptors (Lipinski definition) is 4. The molecule has 0 saturated heterocycles. The van der Waals surface area contributed by atoms with Crippen LogP contribution in [0.15, 0.2) is 54.6 Å². The van der Waals surface area contributed by atoms with Crippen LogP contribution in [0.2, 0.25) is 5.02 Å². The molecule has 0 spiro atoms. The molecule has 0 radical (unpaired) electrons. The summed E-state index contributed by atoms with van der Waals surface area (Å²) in [6.45, 7) is 3.58. The van der Waals surface area contributed by atoms with E-state index in [-0.39, 0.29) is 5.92 Å². The number of benzene rings is 2. The summed E-state index contributed by atoms with van der Waals surface area (Å²) in [6.07, 6.45) is 0. The van der Waals surface area contributed by atoms with Gasteiger partial charge in [0.1, 0.15) is 6.04 Å². The minimum absolute atomic E-state index is 0.184. The molecule has 0 bridgehead atoms. The van der Waals surface area contributed by atoms with Crippen LogP contribution in [-0.4, -0.2) is 29.6 Å². The van der Waals surface area contributed by atoms with Crippen molar-refractivity contribution in [1.82, 2.24) is 5.32 Å². The lowest BCUT2D eigenvalue weighted by atomic mass is 9.93. The van der Waals surface area contributed by atoms with Gasteiger partial charge in [0, 0.05) is 16.1 Å². The monoisotopic (exact) mass is 372 g/mol. The number of amides is 1. The summed E-state index contributed by atoms with van der Waals surface area (Å²) in [4.78, 5) is 37.7. The van der Waals surface area contributed by atoms with E-state index >= 15 is 0 Å². The summed E-state index contributed by atoms with van der Waals surface area (Å²) >= 11 is 5.87. The summed E-state index contributed by atoms with van der Waals surface area (Å²) in [5.41, 5.74) is 6.14. The van der Waals surface area contributed by atoms with Crippen LogP contribution < -0.4 is 11.1 Å². The Balaban J connectivity index is 2.40. The number of ketones is 2. The molecule has 0 aliphatic rings. The van der Waals surface area contributed by atoms with Crippen molar-refractivity contribution in [3.8, 4) is 0 Å². The fourth-order valence-electron chi connectivity index (χ4n) is 2.60. The van der Waals surface area contributed by atoms with Gasteiger partial charge in [0.05, 0.1) is 6.04 Å². The van der Waals surface area contributed by atoms with Crippen LogP contribution in [0, 0.1) is 5.92 Å². The fourth-order valence-corrected chi connectivity index (χ4v) is 2.73. The summed E-state index contributed by atoms with van der Waals surface area (Å²) in [6, 6.07) is 12.7. The molecular weight excluding hydrogens is 352 g/mol. The van der Waals surface area contributed by atoms with Crippen molar-refractivity contribution < 1.29 is 14.4 Å². The zero-order valence-electron chi connectivity index (χ0n) is 14.6. The fraction of sp³-hybridized carbons (Fsp3) is 0.250. The predicted octanol–water partition coefficient (Wildman–Crippen LogP) is 2.87. The van der Waals surface area contributed by atoms with Gasteiger partial charge in [-0.05, 0) is 30.2 Å². The summed E-state index contributed by atoms with van der Waals surface area (Å²) < 4.78 is 0. The minimum Gasteiger partial charge on any atom is -0.368 e. The van der Waals surface area contributed by atoms with Crippen molar-refractivity contribution in [2.24, 2.45) is 11.7 Å². The molecule has 6 heteroatoms. The Bertz CT molecular complexity index is 788. The molecule has 0 aliphatic heterocycles. The lowest BCUT2D eigenvalue weighted by molar-refractivity contribution is -0.121. The SMILES string of the molecule is CC(C)C(NC(C(=O)c1ccccc1)C(=O)c1ccc(Cl)cc1)C(N)=O. The van der Waals surface area contributed by atoms with E-state index in [1.165, 1.54) is 0 Å². The number of hydrogen-bond donors (Lipinski definition) is 2. The Morgan fingerprint density at radius 3 is 1.85 bits per heavy atom. The van der Waals surface area contributed by atoms with E-state index in [0.29, 0.717) is 16.1 Å². The lowest BCUT2D eigenvalue weighted by Gasteiger charge is -2.25. The van der Waals surface area contributed by atoms with E-state index in [2.05, 4.69) is 5.32 Å². The van der Waals surface area contributed by atoms with Gasteiger partial charge in [-0.3, -0.25) is 19.7 Å². The summed E-state index contributed by atoms with van der Waals surface area (Å²) in [5, 5.41) is 3.34. The normalized spacial score (nSPS) is 13.2. The van der Waals surface area contributed by atoms with Gasteiger partial charge in [-0.2, -0.15) is 0 Å². The highest BCUT2D eigenvalue weighted by molar-refractivity contribution is 6.30. The Labute approximate surface area is 157 Å². The highest BCUT2D eigenvalue weighted by atomic mass is 35.5. The Morgan fingerprint density at radius 2 is 1.38 bits per heavy atom. The molecule has 26 heavy (non-hydrogen) atoms. The van der Waals surface area contributed by atoms with E-state index in [0.717, 1.165) is 0 Å². The van der Waals surface area contributed by atoms with Crippen molar-refractivity contribution in [3.63, 3.8) is 0 Å². The van der Waals surface area contributed by atoms with E-state index in [1.54, 1.807) is 68.4 Å². The van der Waals surface area contributed by atoms with Gasteiger partial charge in [0.25, 0.3) is 0 Å². The molecule has 2 aromatic carbocycles. The second-order valence-electron chi connectivity index (χ2n) is 6.33. The zero-order valence-corrected chi connectivity index (χ0v) is 15.4. The summed E-state index contributed by atoms with van der Waals surface area (Å²) in [7, 11) is 0. The number of nitrogens with one attached hydrogen (secondary N) is 1. The average molecular weight is 373 g/mol. The number of primary amides is 1. The maximum Gasteiger partial charge on any atom is 0.234 e. The third-order valence-electron chi connectivity index (χ3n) is 4.03. The first-order valence-electron chi connectivity index (χ1n) is 8.25. The first-order chi connectivity index (χ1) is 12.3. The molecule has 0 saturated carbocycles. The molecule has 0 fully saturated rings. The highest BCUT2D eigenvalue weighted by Gasteiger charge is 2.33. The molecule has 0 aliphatic carbocycles. The predicted molar refractivity (Wildman–Crippen MR) is 101 cm³/mol. The summed E-state index contributed by atoms with van der Waals surface area (Å²) in [5.74, 6) is -1.66. The largest absolute Gasteiger partial charge is 0.368 e. The van der Waals surface area contributed by atoms with Gasteiger partial charge < -0.3 is 5.73 Å². The second-order valence-corrected chi connectivity index (χ2v) is 6.76. The first kappa shape index (κ1) is 19.8. The number of carbonyl (C=O) groups excluding carboxylic acids is 3. The van der Waals surface area contributed by atoms with Crippen molar-refractivity contribution in [3.05, 3.63) is 70.7 Å². The Hall–Kier alpha value is -2.50. The van der Waals surface area contributed by atoms with E-state index < -0.39 is 29.6 Å². The zero-order chi connectivity index (χ0) is 19.3. The third-order valence-corrected chi connectivity index (χ3v) is 4.28. The number of carbonyl (C=O) groups is 3. The van der Waals surface area contributed by atoms with Crippen LogP contribution in [0.3, 0.4) is 0 Å². The van der Waals surface area contributed by atoms with E-state index in [1.807, 2.05) is 0 Å². The molecule has 2 rings (SSSR count). The number of Topliss-reactive ketones (excluding diaryl/α,β-unsaturated/α-hetero) is 2. The van der Waals surface area contributed by atoms with E-state index in [9.17, 15) is 14.4 Å². The van der Waals surface area contributed by atoms with Crippen molar-refractivity contribution >= 4 is 29.1 Å². The standard InChI is InChI=1S/C20H21ClN2O3/c1-12(2)16(20(22)26)23-17(18(24)13-6-4-3-5-7-13)19(25)14-8-10-15(21)11-9-14/h3-12,16-17,23H,1-2H3,(H2,22,26). The molecule has 5 nitrogen and oxygen atoms in total. The molecule has 2 unspecified atom stereocenters. The van der Waals surface area contributed by atoms with Crippen LogP contribution in [0.5, 0.6) is 0 Å². The molecule has 0 aromatic heterocycles. The van der Waals surface area contributed by atoms with Gasteiger partial charge in [0.15, 0.2) is 11.6 Å². The van der Waals surface area contributed by atoms with Crippen LogP contribution in [0.1, 0.15) is 34.6 Å². The Morgan fingerprint density at radius 1 is 0.885 bits per heavy atom. The van der Waals surface area contributed by atoms with Crippen molar-refractivity contribution in [1.29, 1.82) is 0 Å². The molecule has 2 atom stereocenters. The molecule has 136 valence electrons. The van der Waals surface area contributed by atoms with Crippen LogP contribution in [0.25, 0.3) is 0 Å². The van der Waals surface area contributed by atoms with Crippen LogP contribution >= 0.6 is 11.6 Å². The highest BCUT2D eigenvalue weighted by Crippen LogP contribution is 2.15. The smallest absolute Gasteiger partial charge is 0.234 e. The lowest BCUT2D eigenvalue weighted by Crippen LogP contribution is -2.55. The van der Waals surface area contributed by atoms with Gasteiger partial charge in [-0.25, -0.2) is 0 Å². The number of rotatable bonds is 8. The van der Waals surface area contributed by atoms with Gasteiger partial charge >= 0.3 is 0 Å². The van der Waals surface area contributed by atoms with Gasteiger partial charge in [-0.15, -0.1) is 0 Å². The number of nitrogens with two attached hydrogens (primary N) is 1. The second kappa shape index (κ2) is 8.74. The third kappa shape index (κ3) is 4.77. The molecule has 3 N–H and O–H groups in total. The average Bonchev–Trinajstić information content (AvgIpc) is 2.62. The van der Waals surface area contributed by atoms with Crippen molar-refractivity contribution in [2.75, 3.05) is 0 Å². The molecular formula is C20H21ClN2O3.